The number of aliphatic hydroxyl groups excluding tert-OH is 1. The summed E-state index contributed by atoms with van der Waals surface area (Å²) < 4.78 is 44.7. The lowest BCUT2D eigenvalue weighted by Crippen LogP contribution is -2.48. The second kappa shape index (κ2) is 8.99. The molecule has 0 aromatic carbocycles. The van der Waals surface area contributed by atoms with Crippen LogP contribution in [0.1, 0.15) is 35.3 Å². The van der Waals surface area contributed by atoms with E-state index in [1.165, 1.54) is 11.0 Å². The number of amides is 2. The fourth-order valence-corrected chi connectivity index (χ4v) is 4.73. The van der Waals surface area contributed by atoms with Gasteiger partial charge in [-0.1, -0.05) is 0 Å². The van der Waals surface area contributed by atoms with Crippen LogP contribution in [0.5, 0.6) is 5.75 Å². The number of urea groups is 1. The normalized spacial score (nSPS) is 19.5. The number of aliphatic hydroxyl groups is 1. The number of carbonyl (C=O) groups is 2. The average molecular weight is 491 g/mol. The van der Waals surface area contributed by atoms with Gasteiger partial charge >= 0.3 is 12.2 Å². The lowest BCUT2D eigenvalue weighted by Gasteiger charge is -2.35. The van der Waals surface area contributed by atoms with Gasteiger partial charge in [0.1, 0.15) is 17.3 Å². The van der Waals surface area contributed by atoms with Gasteiger partial charge in [-0.05, 0) is 43.0 Å². The number of rotatable bonds is 5. The number of pyridine rings is 2. The Kier molecular flexibility index (Phi) is 5.99. The summed E-state index contributed by atoms with van der Waals surface area (Å²) in [5.41, 5.74) is 1.39. The molecule has 0 spiro atoms. The SMILES string of the molecule is O=C(C[C@H](CO)C(F)(F)F)c1ccc2c(n1)N(C(=O)Nc1cc3c(cn1)OCCC3)[C@H]1CCN2C1. The number of aromatic nitrogens is 2. The van der Waals surface area contributed by atoms with E-state index in [1.807, 2.05) is 4.90 Å². The zero-order chi connectivity index (χ0) is 24.7. The van der Waals surface area contributed by atoms with Crippen LogP contribution < -0.4 is 19.9 Å². The second-order valence-corrected chi connectivity index (χ2v) is 8.91. The van der Waals surface area contributed by atoms with E-state index in [0.29, 0.717) is 43.4 Å². The smallest absolute Gasteiger partial charge is 0.394 e. The summed E-state index contributed by atoms with van der Waals surface area (Å²) in [4.78, 5) is 38.0. The number of nitrogens with one attached hydrogen (secondary N) is 1. The summed E-state index contributed by atoms with van der Waals surface area (Å²) in [6, 6.07) is 4.04. The van der Waals surface area contributed by atoms with Gasteiger partial charge in [-0.25, -0.2) is 14.8 Å². The minimum atomic E-state index is -4.71. The van der Waals surface area contributed by atoms with E-state index in [0.717, 1.165) is 18.4 Å². The predicted octanol–water partition coefficient (Wildman–Crippen LogP) is 3.18. The predicted molar refractivity (Wildman–Crippen MR) is 120 cm³/mol. The minimum Gasteiger partial charge on any atom is -0.492 e. The van der Waals surface area contributed by atoms with Crippen LogP contribution in [0.3, 0.4) is 0 Å². The highest BCUT2D eigenvalue weighted by Gasteiger charge is 2.42. The molecule has 2 atom stereocenters. The molecule has 5 heterocycles. The molecule has 0 unspecified atom stereocenters. The molecule has 0 radical (unpaired) electrons. The molecule has 186 valence electrons. The third kappa shape index (κ3) is 4.49. The number of ether oxygens (including phenoxy) is 1. The number of hydrogen-bond acceptors (Lipinski definition) is 7. The van der Waals surface area contributed by atoms with Crippen LogP contribution in [-0.2, 0) is 6.42 Å². The molecule has 1 saturated heterocycles. The highest BCUT2D eigenvalue weighted by Crippen LogP contribution is 2.40. The van der Waals surface area contributed by atoms with Crippen molar-refractivity contribution in [3.63, 3.8) is 0 Å². The minimum absolute atomic E-state index is 0.184. The number of alkyl halides is 3. The van der Waals surface area contributed by atoms with Gasteiger partial charge in [-0.15, -0.1) is 0 Å². The Morgan fingerprint density at radius 3 is 2.91 bits per heavy atom. The maximum atomic E-state index is 13.3. The standard InChI is InChI=1S/C23H24F3N5O4/c24-23(25,26)14(12-32)9-18(33)16-3-4-17-21(28-16)31(15-5-6-30(17)11-15)22(34)29-20-8-13-2-1-7-35-19(13)10-27-20/h3-4,8,10,14-15,32H,1-2,5-7,9,11-12H2,(H,27,29,34)/t14-,15+/m1/s1. The molecule has 0 aliphatic carbocycles. The van der Waals surface area contributed by atoms with E-state index in [1.54, 1.807) is 18.3 Å². The zero-order valence-corrected chi connectivity index (χ0v) is 18.7. The first-order chi connectivity index (χ1) is 16.7. The molecule has 35 heavy (non-hydrogen) atoms. The molecule has 9 nitrogen and oxygen atoms in total. The van der Waals surface area contributed by atoms with Gasteiger partial charge in [-0.3, -0.25) is 15.0 Å². The van der Waals surface area contributed by atoms with E-state index in [-0.39, 0.29) is 17.6 Å². The van der Waals surface area contributed by atoms with Crippen LogP contribution >= 0.6 is 0 Å². The number of carbonyl (C=O) groups excluding carboxylic acids is 2. The average Bonchev–Trinajstić information content (AvgIpc) is 3.25. The summed E-state index contributed by atoms with van der Waals surface area (Å²) in [7, 11) is 0. The van der Waals surface area contributed by atoms with Gasteiger partial charge in [0.15, 0.2) is 11.6 Å². The van der Waals surface area contributed by atoms with Gasteiger partial charge < -0.3 is 14.7 Å². The van der Waals surface area contributed by atoms with Crippen molar-refractivity contribution in [2.45, 2.75) is 37.9 Å². The Morgan fingerprint density at radius 2 is 2.14 bits per heavy atom. The molecule has 3 aliphatic rings. The van der Waals surface area contributed by atoms with Crippen molar-refractivity contribution in [1.82, 2.24) is 9.97 Å². The van der Waals surface area contributed by atoms with Gasteiger partial charge in [0.05, 0.1) is 37.1 Å². The molecule has 3 aliphatic heterocycles. The van der Waals surface area contributed by atoms with Crippen molar-refractivity contribution in [2.24, 2.45) is 5.92 Å². The maximum Gasteiger partial charge on any atom is 0.394 e. The fourth-order valence-electron chi connectivity index (χ4n) is 4.73. The summed E-state index contributed by atoms with van der Waals surface area (Å²) in [5.74, 6) is -1.77. The third-order valence-corrected chi connectivity index (χ3v) is 6.60. The van der Waals surface area contributed by atoms with Gasteiger partial charge in [0.2, 0.25) is 0 Å². The Labute approximate surface area is 198 Å². The molecule has 2 aromatic heterocycles. The van der Waals surface area contributed by atoms with E-state index in [2.05, 4.69) is 15.3 Å². The topological polar surface area (TPSA) is 108 Å². The lowest BCUT2D eigenvalue weighted by atomic mass is 10.0. The molecule has 2 N–H and O–H groups in total. The number of anilines is 3. The van der Waals surface area contributed by atoms with Crippen molar-refractivity contribution in [2.75, 3.05) is 41.4 Å². The zero-order valence-electron chi connectivity index (χ0n) is 18.7. The molecule has 1 fully saturated rings. The van der Waals surface area contributed by atoms with E-state index in [4.69, 9.17) is 9.84 Å². The highest BCUT2D eigenvalue weighted by molar-refractivity contribution is 6.05. The van der Waals surface area contributed by atoms with Crippen molar-refractivity contribution < 1.29 is 32.6 Å². The molecule has 2 aromatic rings. The highest BCUT2D eigenvalue weighted by atomic mass is 19.4. The van der Waals surface area contributed by atoms with Crippen LogP contribution in [0.4, 0.5) is 35.3 Å². The number of aryl methyl sites for hydroxylation is 1. The Hall–Kier alpha value is -3.41. The quantitative estimate of drug-likeness (QED) is 0.619. The number of fused-ring (bicyclic) bond motifs is 5. The van der Waals surface area contributed by atoms with Crippen molar-refractivity contribution in [1.29, 1.82) is 0 Å². The van der Waals surface area contributed by atoms with Crippen molar-refractivity contribution in [3.05, 3.63) is 35.7 Å². The van der Waals surface area contributed by atoms with Crippen LogP contribution in [0.25, 0.3) is 0 Å². The number of ketones is 1. The number of hydrogen-bond donors (Lipinski definition) is 2. The number of nitrogens with zero attached hydrogens (tertiary/aromatic N) is 4. The van der Waals surface area contributed by atoms with Crippen molar-refractivity contribution >= 4 is 29.1 Å². The monoisotopic (exact) mass is 491 g/mol. The van der Waals surface area contributed by atoms with Gasteiger partial charge in [-0.2, -0.15) is 13.2 Å². The van der Waals surface area contributed by atoms with Crippen LogP contribution in [0, 0.1) is 5.92 Å². The Balaban J connectivity index is 1.41. The maximum absolute atomic E-state index is 13.3. The number of halogens is 3. The van der Waals surface area contributed by atoms with Crippen LogP contribution in [0.15, 0.2) is 24.4 Å². The van der Waals surface area contributed by atoms with Gasteiger partial charge in [0.25, 0.3) is 0 Å². The lowest BCUT2D eigenvalue weighted by molar-refractivity contribution is -0.182. The van der Waals surface area contributed by atoms with Crippen LogP contribution in [-0.4, -0.2) is 65.4 Å². The largest absolute Gasteiger partial charge is 0.492 e. The molecule has 2 bridgehead atoms. The summed E-state index contributed by atoms with van der Waals surface area (Å²) in [5, 5.41) is 11.9. The molecule has 12 heteroatoms. The molecule has 2 amide bonds. The Morgan fingerprint density at radius 1 is 1.31 bits per heavy atom. The molecule has 5 rings (SSSR count). The second-order valence-electron chi connectivity index (χ2n) is 8.91. The molecule has 0 saturated carbocycles. The van der Waals surface area contributed by atoms with Crippen molar-refractivity contribution in [3.8, 4) is 5.75 Å². The third-order valence-electron chi connectivity index (χ3n) is 6.60. The van der Waals surface area contributed by atoms with E-state index >= 15 is 0 Å². The summed E-state index contributed by atoms with van der Waals surface area (Å²) in [6.45, 7) is 0.703. The fraction of sp³-hybridized carbons (Fsp3) is 0.478. The van der Waals surface area contributed by atoms with E-state index in [9.17, 15) is 22.8 Å². The first-order valence-electron chi connectivity index (χ1n) is 11.4. The van der Waals surface area contributed by atoms with Crippen LogP contribution in [0.2, 0.25) is 0 Å². The molecular formula is C23H24F3N5O4. The van der Waals surface area contributed by atoms with Gasteiger partial charge in [0, 0.05) is 19.5 Å². The Bertz CT molecular complexity index is 1160. The first kappa shape index (κ1) is 23.3. The summed E-state index contributed by atoms with van der Waals surface area (Å²) in [6.07, 6.45) is -1.70. The number of Topliss-reactive ketones (excluding diaryl/α,β-unsaturated/α-hetero) is 1. The first-order valence-corrected chi connectivity index (χ1v) is 11.4. The summed E-state index contributed by atoms with van der Waals surface area (Å²) >= 11 is 0. The van der Waals surface area contributed by atoms with E-state index < -0.39 is 36.9 Å². The molecular weight excluding hydrogens is 467 g/mol.